The number of aromatic nitrogens is 1. The second kappa shape index (κ2) is 6.54. The number of hydrogen-bond donors (Lipinski definition) is 1. The lowest BCUT2D eigenvalue weighted by Crippen LogP contribution is -2.13. The van der Waals surface area contributed by atoms with Gasteiger partial charge in [0.15, 0.2) is 0 Å². The highest BCUT2D eigenvalue weighted by Crippen LogP contribution is 2.25. The van der Waals surface area contributed by atoms with Crippen molar-refractivity contribution in [2.24, 2.45) is 11.7 Å². The molecule has 1 rings (SSSR count). The molecule has 5 heteroatoms. The van der Waals surface area contributed by atoms with Crippen molar-refractivity contribution >= 4 is 35.6 Å². The molecule has 0 aliphatic carbocycles. The second-order valence-corrected chi connectivity index (χ2v) is 4.50. The number of pyridine rings is 1. The predicted octanol–water partition coefficient (Wildman–Crippen LogP) is 3.86. The van der Waals surface area contributed by atoms with Crippen LogP contribution in [-0.2, 0) is 0 Å². The van der Waals surface area contributed by atoms with Crippen LogP contribution in [0.3, 0.4) is 0 Å². The molecular formula is C10H15Cl3N2. The highest BCUT2D eigenvalue weighted by atomic mass is 35.5. The maximum Gasteiger partial charge on any atom is 0.135 e. The molecule has 0 aliphatic rings. The molecule has 0 bridgehead atoms. The molecule has 0 radical (unpaired) electrons. The number of halogens is 3. The molecule has 0 aromatic carbocycles. The molecule has 2 nitrogen and oxygen atoms in total. The van der Waals surface area contributed by atoms with E-state index in [0.29, 0.717) is 16.2 Å². The molecule has 0 aliphatic heterocycles. The van der Waals surface area contributed by atoms with Gasteiger partial charge in [-0.15, -0.1) is 12.4 Å². The Kier molecular flexibility index (Phi) is 6.53. The van der Waals surface area contributed by atoms with Gasteiger partial charge in [0.25, 0.3) is 0 Å². The fraction of sp³-hybridized carbons (Fsp3) is 0.500. The summed E-state index contributed by atoms with van der Waals surface area (Å²) in [5, 5.41) is 0.807. The lowest BCUT2D eigenvalue weighted by Gasteiger charge is -2.15. The van der Waals surface area contributed by atoms with Gasteiger partial charge in [0.2, 0.25) is 0 Å². The Hall–Kier alpha value is -0.0200. The van der Waals surface area contributed by atoms with Gasteiger partial charge >= 0.3 is 0 Å². The minimum Gasteiger partial charge on any atom is -0.324 e. The first-order chi connectivity index (χ1) is 6.50. The molecule has 0 unspecified atom stereocenters. The Morgan fingerprint density at radius 2 is 1.93 bits per heavy atom. The van der Waals surface area contributed by atoms with Crippen molar-refractivity contribution in [3.8, 4) is 0 Å². The van der Waals surface area contributed by atoms with E-state index in [9.17, 15) is 0 Å². The van der Waals surface area contributed by atoms with Crippen LogP contribution in [0.15, 0.2) is 12.1 Å². The van der Waals surface area contributed by atoms with Gasteiger partial charge in [0.1, 0.15) is 10.3 Å². The summed E-state index contributed by atoms with van der Waals surface area (Å²) < 4.78 is 0. The molecule has 15 heavy (non-hydrogen) atoms. The van der Waals surface area contributed by atoms with Crippen molar-refractivity contribution in [1.82, 2.24) is 4.98 Å². The lowest BCUT2D eigenvalue weighted by molar-refractivity contribution is 0.509. The zero-order chi connectivity index (χ0) is 10.7. The van der Waals surface area contributed by atoms with E-state index in [1.165, 1.54) is 0 Å². The Morgan fingerprint density at radius 1 is 1.33 bits per heavy atom. The molecule has 1 aromatic heterocycles. The quantitative estimate of drug-likeness (QED) is 0.846. The number of hydrogen-bond acceptors (Lipinski definition) is 2. The van der Waals surface area contributed by atoms with Crippen molar-refractivity contribution < 1.29 is 0 Å². The van der Waals surface area contributed by atoms with Crippen molar-refractivity contribution in [3.05, 3.63) is 28.0 Å². The van der Waals surface area contributed by atoms with Crippen LogP contribution in [-0.4, -0.2) is 4.98 Å². The molecule has 0 amide bonds. The molecular weight excluding hydrogens is 254 g/mol. The van der Waals surface area contributed by atoms with E-state index < -0.39 is 0 Å². The first-order valence-corrected chi connectivity index (χ1v) is 5.33. The van der Waals surface area contributed by atoms with Gasteiger partial charge in [-0.1, -0.05) is 43.1 Å². The topological polar surface area (TPSA) is 38.9 Å². The Balaban J connectivity index is 0.00000196. The molecule has 1 aromatic rings. The number of nitrogens with two attached hydrogens (primary N) is 1. The second-order valence-electron chi connectivity index (χ2n) is 3.75. The van der Waals surface area contributed by atoms with Crippen molar-refractivity contribution in [2.75, 3.05) is 0 Å². The Morgan fingerprint density at radius 3 is 2.40 bits per heavy atom. The van der Waals surface area contributed by atoms with Gasteiger partial charge in [-0.3, -0.25) is 0 Å². The predicted molar refractivity (Wildman–Crippen MR) is 67.9 cm³/mol. The molecule has 0 spiro atoms. The van der Waals surface area contributed by atoms with Crippen LogP contribution in [0.25, 0.3) is 0 Å². The summed E-state index contributed by atoms with van der Waals surface area (Å²) in [6, 6.07) is 3.49. The van der Waals surface area contributed by atoms with E-state index in [0.717, 1.165) is 12.0 Å². The highest BCUT2D eigenvalue weighted by molar-refractivity contribution is 6.32. The molecule has 0 fully saturated rings. The van der Waals surface area contributed by atoms with E-state index >= 15 is 0 Å². The molecule has 86 valence electrons. The van der Waals surface area contributed by atoms with Gasteiger partial charge in [0, 0.05) is 11.6 Å². The summed E-state index contributed by atoms with van der Waals surface area (Å²) in [4.78, 5) is 3.95. The monoisotopic (exact) mass is 268 g/mol. The standard InChI is InChI=1S/C10H14Cl2N2.ClH/c1-6(2)5-8(13)7-3-4-9(11)14-10(7)12;/h3-4,6,8H,5,13H2,1-2H3;1H/t8-;/m0./s1. The zero-order valence-corrected chi connectivity index (χ0v) is 11.0. The Labute approximate surface area is 107 Å². The van der Waals surface area contributed by atoms with E-state index in [1.807, 2.05) is 6.07 Å². The van der Waals surface area contributed by atoms with Crippen LogP contribution in [0, 0.1) is 5.92 Å². The van der Waals surface area contributed by atoms with E-state index in [2.05, 4.69) is 18.8 Å². The molecule has 0 saturated heterocycles. The third-order valence-corrected chi connectivity index (χ3v) is 2.48. The minimum atomic E-state index is -0.0627. The molecule has 1 heterocycles. The van der Waals surface area contributed by atoms with Crippen LogP contribution in [0.5, 0.6) is 0 Å². The van der Waals surface area contributed by atoms with Crippen molar-refractivity contribution in [1.29, 1.82) is 0 Å². The SMILES string of the molecule is CC(C)C[C@H](N)c1ccc(Cl)nc1Cl.Cl. The first-order valence-electron chi connectivity index (χ1n) is 4.58. The van der Waals surface area contributed by atoms with Gasteiger partial charge in [-0.25, -0.2) is 4.98 Å². The Bertz CT molecular complexity index is 316. The van der Waals surface area contributed by atoms with Gasteiger partial charge in [0.05, 0.1) is 0 Å². The van der Waals surface area contributed by atoms with E-state index in [-0.39, 0.29) is 18.4 Å². The van der Waals surface area contributed by atoms with Crippen molar-refractivity contribution in [2.45, 2.75) is 26.3 Å². The zero-order valence-electron chi connectivity index (χ0n) is 8.71. The van der Waals surface area contributed by atoms with Gasteiger partial charge < -0.3 is 5.73 Å². The first kappa shape index (κ1) is 15.0. The fourth-order valence-corrected chi connectivity index (χ4v) is 1.82. The smallest absolute Gasteiger partial charge is 0.135 e. The van der Waals surface area contributed by atoms with Crippen molar-refractivity contribution in [3.63, 3.8) is 0 Å². The highest BCUT2D eigenvalue weighted by Gasteiger charge is 2.12. The summed E-state index contributed by atoms with van der Waals surface area (Å²) in [5.41, 5.74) is 6.84. The minimum absolute atomic E-state index is 0. The van der Waals surface area contributed by atoms with E-state index in [1.54, 1.807) is 6.07 Å². The van der Waals surface area contributed by atoms with Crippen LogP contribution in [0.4, 0.5) is 0 Å². The molecule has 0 saturated carbocycles. The summed E-state index contributed by atoms with van der Waals surface area (Å²) in [5.74, 6) is 0.539. The lowest BCUT2D eigenvalue weighted by atomic mass is 9.99. The summed E-state index contributed by atoms with van der Waals surface area (Å²) in [7, 11) is 0. The largest absolute Gasteiger partial charge is 0.324 e. The summed E-state index contributed by atoms with van der Waals surface area (Å²) in [6.45, 7) is 4.24. The number of rotatable bonds is 3. The summed E-state index contributed by atoms with van der Waals surface area (Å²) >= 11 is 11.6. The van der Waals surface area contributed by atoms with E-state index in [4.69, 9.17) is 28.9 Å². The molecule has 2 N–H and O–H groups in total. The van der Waals surface area contributed by atoms with Crippen LogP contribution >= 0.6 is 35.6 Å². The average Bonchev–Trinajstić information content (AvgIpc) is 2.01. The van der Waals surface area contributed by atoms with Crippen LogP contribution in [0.2, 0.25) is 10.3 Å². The van der Waals surface area contributed by atoms with Crippen LogP contribution in [0.1, 0.15) is 31.9 Å². The normalized spacial score (nSPS) is 12.4. The molecule has 1 atom stereocenters. The average molecular weight is 270 g/mol. The third-order valence-electron chi connectivity index (χ3n) is 1.97. The number of nitrogens with zero attached hydrogens (tertiary/aromatic N) is 1. The maximum atomic E-state index is 5.98. The van der Waals surface area contributed by atoms with Gasteiger partial charge in [-0.05, 0) is 18.4 Å². The fourth-order valence-electron chi connectivity index (χ4n) is 1.33. The summed E-state index contributed by atoms with van der Waals surface area (Å²) in [6.07, 6.45) is 0.892. The maximum absolute atomic E-state index is 5.98. The third kappa shape index (κ3) is 4.56. The van der Waals surface area contributed by atoms with Gasteiger partial charge in [-0.2, -0.15) is 0 Å². The van der Waals surface area contributed by atoms with Crippen LogP contribution < -0.4 is 5.73 Å².